The van der Waals surface area contributed by atoms with E-state index in [0.717, 1.165) is 40.9 Å². The summed E-state index contributed by atoms with van der Waals surface area (Å²) in [4.78, 5) is 19.4. The Hall–Kier alpha value is -2.66. The lowest BCUT2D eigenvalue weighted by Crippen LogP contribution is -2.31. The van der Waals surface area contributed by atoms with Gasteiger partial charge in [0, 0.05) is 35.9 Å². The van der Waals surface area contributed by atoms with Gasteiger partial charge in [-0.05, 0) is 59.9 Å². The van der Waals surface area contributed by atoms with Gasteiger partial charge in [-0.1, -0.05) is 46.3 Å². The van der Waals surface area contributed by atoms with E-state index in [0.29, 0.717) is 12.1 Å². The molecule has 1 aliphatic heterocycles. The lowest BCUT2D eigenvalue weighted by Gasteiger charge is -2.29. The van der Waals surface area contributed by atoms with Crippen molar-refractivity contribution in [2.24, 2.45) is 0 Å². The molecule has 2 heterocycles. The maximum absolute atomic E-state index is 12.4. The van der Waals surface area contributed by atoms with E-state index in [9.17, 15) is 4.79 Å². The Bertz CT molecular complexity index is 1000. The third-order valence-electron chi connectivity index (χ3n) is 5.15. The summed E-state index contributed by atoms with van der Waals surface area (Å²) in [7, 11) is 0. The Morgan fingerprint density at radius 3 is 2.71 bits per heavy atom. The molecule has 0 saturated carbocycles. The minimum Gasteiger partial charge on any atom is -0.352 e. The number of rotatable bonds is 4. The van der Waals surface area contributed by atoms with E-state index in [4.69, 9.17) is 0 Å². The molecule has 3 aromatic rings. The first-order chi connectivity index (χ1) is 13.6. The molecule has 0 bridgehead atoms. The summed E-state index contributed by atoms with van der Waals surface area (Å²) >= 11 is 3.43. The Balaban J connectivity index is 1.38. The third-order valence-corrected chi connectivity index (χ3v) is 5.64. The van der Waals surface area contributed by atoms with Gasteiger partial charge in [-0.25, -0.2) is 4.98 Å². The number of hydrogen-bond acceptors (Lipinski definition) is 3. The monoisotopic (exact) mass is 435 g/mol. The summed E-state index contributed by atoms with van der Waals surface area (Å²) in [5, 5.41) is 2.98. The van der Waals surface area contributed by atoms with Gasteiger partial charge in [0.15, 0.2) is 0 Å². The molecular formula is C23H22BrN3O. The first-order valence-corrected chi connectivity index (χ1v) is 10.2. The Morgan fingerprint density at radius 1 is 1.14 bits per heavy atom. The molecule has 28 heavy (non-hydrogen) atoms. The minimum atomic E-state index is -0.0679. The van der Waals surface area contributed by atoms with Crippen molar-refractivity contribution >= 4 is 27.7 Å². The van der Waals surface area contributed by atoms with Crippen molar-refractivity contribution in [1.82, 2.24) is 10.3 Å². The highest BCUT2D eigenvalue weighted by atomic mass is 79.9. The number of nitrogens with one attached hydrogen (secondary N) is 1. The first-order valence-electron chi connectivity index (χ1n) is 9.41. The molecule has 4 rings (SSSR count). The van der Waals surface area contributed by atoms with E-state index >= 15 is 0 Å². The van der Waals surface area contributed by atoms with Crippen LogP contribution in [0.1, 0.15) is 32.6 Å². The van der Waals surface area contributed by atoms with E-state index in [2.05, 4.69) is 55.4 Å². The first kappa shape index (κ1) is 18.7. The minimum absolute atomic E-state index is 0.0679. The van der Waals surface area contributed by atoms with Crippen molar-refractivity contribution in [1.29, 1.82) is 0 Å². The summed E-state index contributed by atoms with van der Waals surface area (Å²) in [5.41, 5.74) is 5.44. The largest absolute Gasteiger partial charge is 0.352 e. The van der Waals surface area contributed by atoms with E-state index in [1.807, 2.05) is 43.5 Å². The van der Waals surface area contributed by atoms with Gasteiger partial charge in [0.05, 0.1) is 0 Å². The van der Waals surface area contributed by atoms with Crippen molar-refractivity contribution in [2.45, 2.75) is 26.4 Å². The molecule has 2 aromatic carbocycles. The van der Waals surface area contributed by atoms with Crippen LogP contribution in [0.15, 0.2) is 65.3 Å². The maximum Gasteiger partial charge on any atom is 0.251 e. The molecule has 0 aliphatic carbocycles. The number of hydrogen-bond donors (Lipinski definition) is 1. The predicted molar refractivity (Wildman–Crippen MR) is 115 cm³/mol. The van der Waals surface area contributed by atoms with Crippen LogP contribution in [0.25, 0.3) is 0 Å². The van der Waals surface area contributed by atoms with Crippen LogP contribution >= 0.6 is 15.9 Å². The Kier molecular flexibility index (Phi) is 5.44. The second-order valence-electron chi connectivity index (χ2n) is 7.11. The summed E-state index contributed by atoms with van der Waals surface area (Å²) in [6.45, 7) is 4.27. The fraction of sp³-hybridized carbons (Fsp3) is 0.217. The molecule has 1 amide bonds. The van der Waals surface area contributed by atoms with Gasteiger partial charge in [-0.2, -0.15) is 0 Å². The Morgan fingerprint density at radius 2 is 1.96 bits per heavy atom. The summed E-state index contributed by atoms with van der Waals surface area (Å²) in [6.07, 6.45) is 2.90. The summed E-state index contributed by atoms with van der Waals surface area (Å²) < 4.78 is 0.974. The molecule has 4 nitrogen and oxygen atoms in total. The molecular weight excluding hydrogens is 414 g/mol. The Labute approximate surface area is 173 Å². The average Bonchev–Trinajstić information content (AvgIpc) is 2.72. The standard InChI is InChI=1S/C23H22BrN3O/c1-16-12-20(24)7-8-21(16)23(28)26-14-17-6-9-22(25-13-17)27-11-10-18-4-2-3-5-19(18)15-27/h2-9,12-13H,10-11,14-15H2,1H3,(H,26,28). The topological polar surface area (TPSA) is 45.2 Å². The van der Waals surface area contributed by atoms with Crippen LogP contribution in [-0.4, -0.2) is 17.4 Å². The zero-order chi connectivity index (χ0) is 19.5. The fourth-order valence-electron chi connectivity index (χ4n) is 3.56. The second kappa shape index (κ2) is 8.15. The molecule has 1 N–H and O–H groups in total. The number of benzene rings is 2. The quantitative estimate of drug-likeness (QED) is 0.648. The highest BCUT2D eigenvalue weighted by molar-refractivity contribution is 9.10. The fourth-order valence-corrected chi connectivity index (χ4v) is 4.03. The molecule has 142 valence electrons. The van der Waals surface area contributed by atoms with Gasteiger partial charge in [0.1, 0.15) is 5.82 Å². The van der Waals surface area contributed by atoms with E-state index in [1.165, 1.54) is 11.1 Å². The van der Waals surface area contributed by atoms with Crippen molar-refractivity contribution < 1.29 is 4.79 Å². The van der Waals surface area contributed by atoms with Gasteiger partial charge in [0.2, 0.25) is 0 Å². The van der Waals surface area contributed by atoms with Gasteiger partial charge < -0.3 is 10.2 Å². The van der Waals surface area contributed by atoms with Crippen LogP contribution in [0.4, 0.5) is 5.82 Å². The zero-order valence-electron chi connectivity index (χ0n) is 15.8. The van der Waals surface area contributed by atoms with Crippen molar-refractivity contribution in [2.75, 3.05) is 11.4 Å². The third kappa shape index (κ3) is 4.09. The van der Waals surface area contributed by atoms with Gasteiger partial charge in [0.25, 0.3) is 5.91 Å². The number of aryl methyl sites for hydroxylation is 1. The van der Waals surface area contributed by atoms with Crippen molar-refractivity contribution in [3.63, 3.8) is 0 Å². The van der Waals surface area contributed by atoms with Crippen LogP contribution in [0.5, 0.6) is 0 Å². The molecule has 0 fully saturated rings. The smallest absolute Gasteiger partial charge is 0.251 e. The van der Waals surface area contributed by atoms with Crippen LogP contribution in [0, 0.1) is 6.92 Å². The van der Waals surface area contributed by atoms with E-state index < -0.39 is 0 Å². The number of carbonyl (C=O) groups is 1. The normalized spacial score (nSPS) is 13.1. The van der Waals surface area contributed by atoms with Crippen LogP contribution in [0.3, 0.4) is 0 Å². The SMILES string of the molecule is Cc1cc(Br)ccc1C(=O)NCc1ccc(N2CCc3ccccc3C2)nc1. The van der Waals surface area contributed by atoms with Gasteiger partial charge in [-0.15, -0.1) is 0 Å². The number of carbonyl (C=O) groups excluding carboxylic acids is 1. The predicted octanol–water partition coefficient (Wildman–Crippen LogP) is 4.65. The van der Waals surface area contributed by atoms with Crippen molar-refractivity contribution in [3.8, 4) is 0 Å². The maximum atomic E-state index is 12.4. The number of anilines is 1. The molecule has 0 saturated heterocycles. The van der Waals surface area contributed by atoms with Crippen LogP contribution in [0.2, 0.25) is 0 Å². The lowest BCUT2D eigenvalue weighted by atomic mass is 10.00. The number of pyridine rings is 1. The molecule has 0 spiro atoms. The number of fused-ring (bicyclic) bond motifs is 1. The highest BCUT2D eigenvalue weighted by Crippen LogP contribution is 2.23. The van der Waals surface area contributed by atoms with E-state index in [-0.39, 0.29) is 5.91 Å². The zero-order valence-corrected chi connectivity index (χ0v) is 17.4. The second-order valence-corrected chi connectivity index (χ2v) is 8.02. The van der Waals surface area contributed by atoms with Crippen LogP contribution in [-0.2, 0) is 19.5 Å². The average molecular weight is 436 g/mol. The summed E-state index contributed by atoms with van der Waals surface area (Å²) in [6, 6.07) is 18.3. The molecule has 5 heteroatoms. The van der Waals surface area contributed by atoms with Gasteiger partial charge >= 0.3 is 0 Å². The highest BCUT2D eigenvalue weighted by Gasteiger charge is 2.17. The lowest BCUT2D eigenvalue weighted by molar-refractivity contribution is 0.0950. The summed E-state index contributed by atoms with van der Waals surface area (Å²) in [5.74, 6) is 0.912. The number of halogens is 1. The number of aromatic nitrogens is 1. The number of nitrogens with zero attached hydrogens (tertiary/aromatic N) is 2. The number of amides is 1. The van der Waals surface area contributed by atoms with E-state index in [1.54, 1.807) is 0 Å². The molecule has 0 atom stereocenters. The van der Waals surface area contributed by atoms with Gasteiger partial charge in [-0.3, -0.25) is 4.79 Å². The van der Waals surface area contributed by atoms with Crippen molar-refractivity contribution in [3.05, 3.63) is 93.1 Å². The molecule has 0 radical (unpaired) electrons. The van der Waals surface area contributed by atoms with Crippen LogP contribution < -0.4 is 10.2 Å². The molecule has 0 unspecified atom stereocenters. The molecule has 1 aliphatic rings. The molecule has 1 aromatic heterocycles.